The van der Waals surface area contributed by atoms with Crippen molar-refractivity contribution in [3.05, 3.63) is 85.3 Å². The number of thiocarbonyl (C=S) groups is 1. The number of nitrogens with zero attached hydrogens (tertiary/aromatic N) is 2. The highest BCUT2D eigenvalue weighted by Crippen LogP contribution is 2.49. The van der Waals surface area contributed by atoms with Crippen LogP contribution in [0.2, 0.25) is 10.0 Å². The Kier molecular flexibility index (Phi) is 6.68. The van der Waals surface area contributed by atoms with Gasteiger partial charge in [0.15, 0.2) is 0 Å². The summed E-state index contributed by atoms with van der Waals surface area (Å²) < 4.78 is 42.6. The number of hydrogen-bond donors (Lipinski definition) is 1. The number of benzene rings is 2. The fraction of sp³-hybridized carbons (Fsp3) is 0.227. The lowest BCUT2D eigenvalue weighted by atomic mass is 9.86. The Balaban J connectivity index is 1.57. The molecule has 11 heteroatoms. The molecule has 0 aliphatic carbocycles. The van der Waals surface area contributed by atoms with E-state index in [2.05, 4.69) is 15.5 Å². The standard InChI is InChI=1S/C22H16Cl2F3N3OS2/c1-12-4-13(2-3-18(12)20(32)28-9-17-10-33-11-29-17)19-8-21(31-30-19,22(25,26)27)14-5-15(23)7-16(24)6-14/h2-7,10-11H,8-9H2,1H3,(H,28,32). The van der Waals surface area contributed by atoms with Gasteiger partial charge in [-0.05, 0) is 42.3 Å². The molecule has 0 radical (unpaired) electrons. The number of halogens is 5. The van der Waals surface area contributed by atoms with Crippen LogP contribution in [0.3, 0.4) is 0 Å². The molecule has 0 spiro atoms. The summed E-state index contributed by atoms with van der Waals surface area (Å²) in [6.45, 7) is 2.32. The van der Waals surface area contributed by atoms with Gasteiger partial charge in [-0.1, -0.05) is 52.7 Å². The van der Waals surface area contributed by atoms with E-state index in [0.717, 1.165) is 16.8 Å². The van der Waals surface area contributed by atoms with Gasteiger partial charge in [0.2, 0.25) is 0 Å². The number of thiazole rings is 1. The van der Waals surface area contributed by atoms with Gasteiger partial charge in [-0.3, -0.25) is 0 Å². The summed E-state index contributed by atoms with van der Waals surface area (Å²) >= 11 is 18.9. The van der Waals surface area contributed by atoms with Crippen LogP contribution in [0.25, 0.3) is 0 Å². The first-order valence-corrected chi connectivity index (χ1v) is 11.7. The molecule has 1 N–H and O–H groups in total. The maximum atomic E-state index is 14.2. The number of rotatable bonds is 5. The van der Waals surface area contributed by atoms with Crippen molar-refractivity contribution >= 4 is 57.5 Å². The van der Waals surface area contributed by atoms with E-state index >= 15 is 0 Å². The Morgan fingerprint density at radius 2 is 1.94 bits per heavy atom. The van der Waals surface area contributed by atoms with E-state index in [-0.39, 0.29) is 21.3 Å². The van der Waals surface area contributed by atoms with Crippen LogP contribution in [0.5, 0.6) is 0 Å². The van der Waals surface area contributed by atoms with Crippen LogP contribution < -0.4 is 5.32 Å². The third kappa shape index (κ3) is 4.87. The molecule has 33 heavy (non-hydrogen) atoms. The fourth-order valence-corrected chi connectivity index (χ4v) is 4.92. The first-order chi connectivity index (χ1) is 15.6. The van der Waals surface area contributed by atoms with Crippen LogP contribution in [0, 0.1) is 6.92 Å². The summed E-state index contributed by atoms with van der Waals surface area (Å²) in [5, 5.41) is 9.03. The number of aryl methyl sites for hydroxylation is 1. The minimum Gasteiger partial charge on any atom is -0.374 e. The fourth-order valence-electron chi connectivity index (χ4n) is 3.53. The third-order valence-corrected chi connectivity index (χ3v) is 6.67. The first-order valence-electron chi connectivity index (χ1n) is 9.64. The monoisotopic (exact) mass is 529 g/mol. The Bertz CT molecular complexity index is 1210. The zero-order chi connectivity index (χ0) is 23.8. The van der Waals surface area contributed by atoms with E-state index in [9.17, 15) is 13.2 Å². The van der Waals surface area contributed by atoms with Crippen molar-refractivity contribution in [3.63, 3.8) is 0 Å². The van der Waals surface area contributed by atoms with Crippen LogP contribution in [0.1, 0.15) is 34.4 Å². The summed E-state index contributed by atoms with van der Waals surface area (Å²) in [5.41, 5.74) is 1.98. The SMILES string of the molecule is Cc1cc(C2=NOC(c3cc(Cl)cc(Cl)c3)(C(F)(F)F)C2)ccc1C(=S)NCc1cscn1. The summed E-state index contributed by atoms with van der Waals surface area (Å²) in [6, 6.07) is 8.93. The average molecular weight is 530 g/mol. The maximum Gasteiger partial charge on any atom is 0.435 e. The van der Waals surface area contributed by atoms with Gasteiger partial charge < -0.3 is 10.2 Å². The average Bonchev–Trinajstić information content (AvgIpc) is 3.41. The molecule has 0 saturated heterocycles. The number of oxime groups is 1. The van der Waals surface area contributed by atoms with Gasteiger partial charge in [0.1, 0.15) is 4.99 Å². The predicted octanol–water partition coefficient (Wildman–Crippen LogP) is 6.81. The molecule has 1 atom stereocenters. The maximum absolute atomic E-state index is 14.2. The van der Waals surface area contributed by atoms with Crippen LogP contribution in [-0.4, -0.2) is 21.9 Å². The molecular weight excluding hydrogens is 514 g/mol. The molecule has 4 nitrogen and oxygen atoms in total. The van der Waals surface area contributed by atoms with Gasteiger partial charge in [0.05, 0.1) is 23.5 Å². The van der Waals surface area contributed by atoms with E-state index in [1.165, 1.54) is 29.5 Å². The van der Waals surface area contributed by atoms with Crippen molar-refractivity contribution in [2.24, 2.45) is 5.16 Å². The van der Waals surface area contributed by atoms with Gasteiger partial charge in [-0.25, -0.2) is 4.98 Å². The lowest BCUT2D eigenvalue weighted by Gasteiger charge is -2.29. The van der Waals surface area contributed by atoms with E-state index in [1.54, 1.807) is 23.7 Å². The normalized spacial score (nSPS) is 18.1. The zero-order valence-corrected chi connectivity index (χ0v) is 20.2. The molecule has 2 heterocycles. The third-order valence-electron chi connectivity index (χ3n) is 5.23. The van der Waals surface area contributed by atoms with Crippen LogP contribution in [-0.2, 0) is 17.0 Å². The van der Waals surface area contributed by atoms with Crippen molar-refractivity contribution in [1.82, 2.24) is 10.3 Å². The second-order valence-corrected chi connectivity index (χ2v) is 9.48. The second-order valence-electron chi connectivity index (χ2n) is 7.48. The molecule has 0 bridgehead atoms. The number of nitrogens with one attached hydrogen (secondary N) is 1. The van der Waals surface area contributed by atoms with Gasteiger partial charge >= 0.3 is 6.18 Å². The molecule has 172 valence electrons. The molecule has 1 aliphatic rings. The minimum absolute atomic E-state index is 0.0806. The van der Waals surface area contributed by atoms with E-state index in [0.29, 0.717) is 17.1 Å². The van der Waals surface area contributed by atoms with Crippen molar-refractivity contribution in [2.45, 2.75) is 31.7 Å². The lowest BCUT2D eigenvalue weighted by Crippen LogP contribution is -2.42. The predicted molar refractivity (Wildman–Crippen MR) is 128 cm³/mol. The molecule has 2 aromatic carbocycles. The molecular formula is C22H16Cl2F3N3OS2. The number of alkyl halides is 3. The molecule has 0 fully saturated rings. The molecule has 0 amide bonds. The zero-order valence-electron chi connectivity index (χ0n) is 17.0. The van der Waals surface area contributed by atoms with E-state index in [1.807, 2.05) is 12.3 Å². The Hall–Kier alpha value is -2.20. The quantitative estimate of drug-likeness (QED) is 0.369. The smallest absolute Gasteiger partial charge is 0.374 e. The number of aromatic nitrogens is 1. The number of hydrogen-bond acceptors (Lipinski definition) is 5. The lowest BCUT2D eigenvalue weighted by molar-refractivity contribution is -0.275. The first kappa shape index (κ1) is 23.9. The largest absolute Gasteiger partial charge is 0.435 e. The Morgan fingerprint density at radius 1 is 1.21 bits per heavy atom. The van der Waals surface area contributed by atoms with Crippen molar-refractivity contribution < 1.29 is 18.0 Å². The van der Waals surface area contributed by atoms with Crippen LogP contribution in [0.4, 0.5) is 13.2 Å². The highest BCUT2D eigenvalue weighted by Gasteiger charge is 2.62. The Labute approximate surface area is 207 Å². The summed E-state index contributed by atoms with van der Waals surface area (Å²) in [6.07, 6.45) is -5.26. The van der Waals surface area contributed by atoms with Crippen molar-refractivity contribution in [2.75, 3.05) is 0 Å². The van der Waals surface area contributed by atoms with Gasteiger partial charge in [0.25, 0.3) is 5.60 Å². The topological polar surface area (TPSA) is 46.5 Å². The molecule has 1 aliphatic heterocycles. The van der Waals surface area contributed by atoms with Gasteiger partial charge in [-0.2, -0.15) is 13.2 Å². The molecule has 3 aromatic rings. The van der Waals surface area contributed by atoms with Crippen LogP contribution >= 0.6 is 46.8 Å². The molecule has 0 saturated carbocycles. The van der Waals surface area contributed by atoms with Crippen molar-refractivity contribution in [3.8, 4) is 0 Å². The van der Waals surface area contributed by atoms with Gasteiger partial charge in [0, 0.05) is 33.0 Å². The summed E-state index contributed by atoms with van der Waals surface area (Å²) in [5.74, 6) is 0. The van der Waals surface area contributed by atoms with Gasteiger partial charge in [-0.15, -0.1) is 11.3 Å². The highest BCUT2D eigenvalue weighted by atomic mass is 35.5. The molecule has 1 unspecified atom stereocenters. The van der Waals surface area contributed by atoms with Crippen molar-refractivity contribution in [1.29, 1.82) is 0 Å². The van der Waals surface area contributed by atoms with E-state index in [4.69, 9.17) is 40.3 Å². The van der Waals surface area contributed by atoms with E-state index < -0.39 is 18.2 Å². The molecule has 1 aromatic heterocycles. The summed E-state index contributed by atoms with van der Waals surface area (Å²) in [7, 11) is 0. The summed E-state index contributed by atoms with van der Waals surface area (Å²) in [4.78, 5) is 9.79. The molecule has 4 rings (SSSR count). The Morgan fingerprint density at radius 3 is 2.55 bits per heavy atom. The van der Waals surface area contributed by atoms with Crippen LogP contribution in [0.15, 0.2) is 52.4 Å². The highest BCUT2D eigenvalue weighted by molar-refractivity contribution is 7.80. The second kappa shape index (κ2) is 9.21. The minimum atomic E-state index is -4.75.